The standard InChI is InChI=1S/C19H24N2O5/c1-24-12-13-5-4-9-21(13)17(22)11-20-10-8-14-15(19(20)23)6-7-16(25-2)18(14)26-3/h6-8,10,13H,4-5,9,11-12H2,1-3H3/t13-/m0/s1. The van der Waals surface area contributed by atoms with Gasteiger partial charge in [-0.3, -0.25) is 9.59 Å². The van der Waals surface area contributed by atoms with Crippen molar-refractivity contribution in [3.8, 4) is 11.5 Å². The molecule has 0 N–H and O–H groups in total. The fourth-order valence-electron chi connectivity index (χ4n) is 3.58. The maximum absolute atomic E-state index is 12.8. The SMILES string of the molecule is COC[C@@H]1CCCN1C(=O)Cn1ccc2c(OC)c(OC)ccc2c1=O. The average Bonchev–Trinajstić information content (AvgIpc) is 3.11. The van der Waals surface area contributed by atoms with Crippen LogP contribution >= 0.6 is 0 Å². The molecule has 1 atom stereocenters. The van der Waals surface area contributed by atoms with E-state index in [1.807, 2.05) is 4.90 Å². The topological polar surface area (TPSA) is 70.0 Å². The van der Waals surface area contributed by atoms with Crippen LogP contribution in [0.3, 0.4) is 0 Å². The van der Waals surface area contributed by atoms with Crippen molar-refractivity contribution in [1.29, 1.82) is 0 Å². The van der Waals surface area contributed by atoms with E-state index in [4.69, 9.17) is 14.2 Å². The summed E-state index contributed by atoms with van der Waals surface area (Å²) < 4.78 is 17.3. The van der Waals surface area contributed by atoms with Gasteiger partial charge in [0.15, 0.2) is 11.5 Å². The van der Waals surface area contributed by atoms with E-state index in [1.165, 1.54) is 11.7 Å². The molecule has 1 aromatic carbocycles. The fourth-order valence-corrected chi connectivity index (χ4v) is 3.58. The molecule has 1 aliphatic rings. The summed E-state index contributed by atoms with van der Waals surface area (Å²) in [6, 6.07) is 5.27. The molecule has 7 heteroatoms. The van der Waals surface area contributed by atoms with Gasteiger partial charge in [-0.25, -0.2) is 0 Å². The largest absolute Gasteiger partial charge is 0.493 e. The number of pyridine rings is 1. The zero-order valence-corrected chi connectivity index (χ0v) is 15.4. The summed E-state index contributed by atoms with van der Waals surface area (Å²) in [4.78, 5) is 27.3. The minimum absolute atomic E-state index is 0.0172. The lowest BCUT2D eigenvalue weighted by molar-refractivity contribution is -0.133. The third kappa shape index (κ3) is 3.26. The molecule has 0 saturated carbocycles. The second-order valence-electron chi connectivity index (χ2n) is 6.35. The summed E-state index contributed by atoms with van der Waals surface area (Å²) in [6.07, 6.45) is 3.53. The number of rotatable bonds is 6. The van der Waals surface area contributed by atoms with Gasteiger partial charge in [0.25, 0.3) is 5.56 Å². The fraction of sp³-hybridized carbons (Fsp3) is 0.474. The summed E-state index contributed by atoms with van der Waals surface area (Å²) in [5.41, 5.74) is -0.223. The van der Waals surface area contributed by atoms with Crippen LogP contribution in [0.2, 0.25) is 0 Å². The third-order valence-electron chi connectivity index (χ3n) is 4.86. The number of benzene rings is 1. The number of methoxy groups -OCH3 is 3. The van der Waals surface area contributed by atoms with Crippen molar-refractivity contribution >= 4 is 16.7 Å². The van der Waals surface area contributed by atoms with Gasteiger partial charge in [0.05, 0.1) is 32.3 Å². The van der Waals surface area contributed by atoms with E-state index in [0.717, 1.165) is 12.8 Å². The first-order valence-electron chi connectivity index (χ1n) is 8.63. The lowest BCUT2D eigenvalue weighted by atomic mass is 10.1. The van der Waals surface area contributed by atoms with Gasteiger partial charge in [-0.1, -0.05) is 0 Å². The number of carbonyl (C=O) groups is 1. The summed E-state index contributed by atoms with van der Waals surface area (Å²) in [6.45, 7) is 1.25. The van der Waals surface area contributed by atoms with Crippen LogP contribution in [0, 0.1) is 0 Å². The van der Waals surface area contributed by atoms with Gasteiger partial charge in [-0.05, 0) is 31.0 Å². The molecule has 0 aliphatic carbocycles. The second kappa shape index (κ2) is 7.78. The Morgan fingerprint density at radius 3 is 2.65 bits per heavy atom. The highest BCUT2D eigenvalue weighted by molar-refractivity contribution is 5.90. The molecule has 0 unspecified atom stereocenters. The third-order valence-corrected chi connectivity index (χ3v) is 4.86. The first-order chi connectivity index (χ1) is 12.6. The number of nitrogens with zero attached hydrogens (tertiary/aromatic N) is 2. The highest BCUT2D eigenvalue weighted by Crippen LogP contribution is 2.33. The molecular weight excluding hydrogens is 336 g/mol. The van der Waals surface area contributed by atoms with E-state index in [9.17, 15) is 9.59 Å². The molecule has 140 valence electrons. The van der Waals surface area contributed by atoms with Gasteiger partial charge >= 0.3 is 0 Å². The van der Waals surface area contributed by atoms with Gasteiger partial charge in [0, 0.05) is 25.2 Å². The van der Waals surface area contributed by atoms with Crippen molar-refractivity contribution in [3.63, 3.8) is 0 Å². The molecule has 1 aliphatic heterocycles. The van der Waals surface area contributed by atoms with Crippen LogP contribution in [0.15, 0.2) is 29.2 Å². The van der Waals surface area contributed by atoms with Crippen molar-refractivity contribution in [2.75, 3.05) is 34.5 Å². The number of carbonyl (C=O) groups excluding carboxylic acids is 1. The molecule has 0 spiro atoms. The van der Waals surface area contributed by atoms with Gasteiger partial charge in [0.1, 0.15) is 6.54 Å². The molecule has 7 nitrogen and oxygen atoms in total. The number of likely N-dealkylation sites (tertiary alicyclic amines) is 1. The van der Waals surface area contributed by atoms with E-state index < -0.39 is 0 Å². The van der Waals surface area contributed by atoms with Crippen molar-refractivity contribution in [3.05, 3.63) is 34.7 Å². The predicted molar refractivity (Wildman–Crippen MR) is 97.9 cm³/mol. The van der Waals surface area contributed by atoms with Crippen LogP contribution in [0.5, 0.6) is 11.5 Å². The Hall–Kier alpha value is -2.54. The Balaban J connectivity index is 1.91. The molecule has 0 radical (unpaired) electrons. The second-order valence-corrected chi connectivity index (χ2v) is 6.35. The Bertz CT molecular complexity index is 861. The van der Waals surface area contributed by atoms with Crippen molar-refractivity contribution in [2.24, 2.45) is 0 Å². The molecule has 0 bridgehead atoms. The quantitative estimate of drug-likeness (QED) is 0.784. The number of ether oxygens (including phenoxy) is 3. The zero-order valence-electron chi connectivity index (χ0n) is 15.4. The maximum atomic E-state index is 12.8. The lowest BCUT2D eigenvalue weighted by Gasteiger charge is -2.24. The monoisotopic (exact) mass is 360 g/mol. The average molecular weight is 360 g/mol. The van der Waals surface area contributed by atoms with Crippen molar-refractivity contribution < 1.29 is 19.0 Å². The first-order valence-corrected chi connectivity index (χ1v) is 8.63. The van der Waals surface area contributed by atoms with Crippen LogP contribution in [-0.2, 0) is 16.1 Å². The minimum Gasteiger partial charge on any atom is -0.493 e. The molecule has 1 saturated heterocycles. The molecule has 2 heterocycles. The summed E-state index contributed by atoms with van der Waals surface area (Å²) >= 11 is 0. The van der Waals surface area contributed by atoms with Crippen LogP contribution in [0.1, 0.15) is 12.8 Å². The number of fused-ring (bicyclic) bond motifs is 1. The highest BCUT2D eigenvalue weighted by Gasteiger charge is 2.28. The van der Waals surface area contributed by atoms with Crippen LogP contribution in [0.25, 0.3) is 10.8 Å². The molecule has 1 fully saturated rings. The molecule has 3 rings (SSSR count). The van der Waals surface area contributed by atoms with E-state index in [1.54, 1.807) is 38.6 Å². The predicted octanol–water partition coefficient (Wildman–Crippen LogP) is 1.66. The zero-order chi connectivity index (χ0) is 18.7. The van der Waals surface area contributed by atoms with Gasteiger partial charge in [-0.15, -0.1) is 0 Å². The maximum Gasteiger partial charge on any atom is 0.259 e. The van der Waals surface area contributed by atoms with Gasteiger partial charge in [0.2, 0.25) is 5.91 Å². The summed E-state index contributed by atoms with van der Waals surface area (Å²) in [7, 11) is 4.72. The smallest absolute Gasteiger partial charge is 0.259 e. The normalized spacial score (nSPS) is 16.9. The molecule has 1 amide bonds. The lowest BCUT2D eigenvalue weighted by Crippen LogP contribution is -2.41. The van der Waals surface area contributed by atoms with E-state index in [2.05, 4.69) is 0 Å². The van der Waals surface area contributed by atoms with E-state index in [0.29, 0.717) is 35.4 Å². The van der Waals surface area contributed by atoms with Crippen molar-refractivity contribution in [1.82, 2.24) is 9.47 Å². The van der Waals surface area contributed by atoms with Crippen molar-refractivity contribution in [2.45, 2.75) is 25.4 Å². The van der Waals surface area contributed by atoms with Crippen LogP contribution in [0.4, 0.5) is 0 Å². The Morgan fingerprint density at radius 1 is 1.15 bits per heavy atom. The Labute approximate surface area is 152 Å². The molecule has 1 aromatic heterocycles. The molecule has 2 aromatic rings. The van der Waals surface area contributed by atoms with E-state index in [-0.39, 0.29) is 24.1 Å². The van der Waals surface area contributed by atoms with Gasteiger partial charge < -0.3 is 23.7 Å². The van der Waals surface area contributed by atoms with Gasteiger partial charge in [-0.2, -0.15) is 0 Å². The Kier molecular flexibility index (Phi) is 5.46. The molecular formula is C19H24N2O5. The summed E-state index contributed by atoms with van der Waals surface area (Å²) in [5, 5.41) is 1.16. The number of amides is 1. The number of hydrogen-bond donors (Lipinski definition) is 0. The Morgan fingerprint density at radius 2 is 1.96 bits per heavy atom. The summed E-state index contributed by atoms with van der Waals surface area (Å²) in [5.74, 6) is 1.01. The first kappa shape index (κ1) is 18.3. The van der Waals surface area contributed by atoms with Crippen LogP contribution < -0.4 is 15.0 Å². The number of aromatic nitrogens is 1. The van der Waals surface area contributed by atoms with E-state index >= 15 is 0 Å². The number of hydrogen-bond acceptors (Lipinski definition) is 5. The van der Waals surface area contributed by atoms with Crippen LogP contribution in [-0.4, -0.2) is 55.9 Å². The highest BCUT2D eigenvalue weighted by atomic mass is 16.5. The molecule has 26 heavy (non-hydrogen) atoms. The minimum atomic E-state index is -0.223.